The average Bonchev–Trinajstić information content (AvgIpc) is 3.11. The van der Waals surface area contributed by atoms with E-state index in [1.54, 1.807) is 11.8 Å². The maximum atomic E-state index is 5.89. The Morgan fingerprint density at radius 2 is 1.89 bits per heavy atom. The van der Waals surface area contributed by atoms with Crippen molar-refractivity contribution < 1.29 is 4.74 Å². The van der Waals surface area contributed by atoms with E-state index < -0.39 is 0 Å². The minimum atomic E-state index is 0. The first-order chi connectivity index (χ1) is 12.9. The number of para-hydroxylation sites is 1. The van der Waals surface area contributed by atoms with Crippen molar-refractivity contribution in [2.45, 2.75) is 49.8 Å². The molecule has 1 unspecified atom stereocenters. The average molecular weight is 409 g/mol. The molecule has 0 aliphatic carbocycles. The third-order valence-electron chi connectivity index (χ3n) is 5.32. The van der Waals surface area contributed by atoms with Gasteiger partial charge in [0.15, 0.2) is 5.16 Å². The molecular formula is C20H29ClN4OS. The third kappa shape index (κ3) is 5.47. The number of piperidine rings is 1. The van der Waals surface area contributed by atoms with Gasteiger partial charge in [-0.1, -0.05) is 30.0 Å². The molecule has 1 N–H and O–H groups in total. The number of hydrogen-bond donors (Lipinski definition) is 1. The van der Waals surface area contributed by atoms with Gasteiger partial charge in [0, 0.05) is 24.5 Å². The van der Waals surface area contributed by atoms with Crippen LogP contribution in [-0.4, -0.2) is 46.3 Å². The van der Waals surface area contributed by atoms with E-state index in [0.717, 1.165) is 55.0 Å². The number of benzene rings is 1. The SMILES string of the molecule is Cl.c1ccc(-n2c(CC3CCNCC3)nnc2SCC2CCCCO2)cc1. The predicted molar refractivity (Wildman–Crippen MR) is 112 cm³/mol. The molecule has 1 atom stereocenters. The molecule has 2 saturated heterocycles. The summed E-state index contributed by atoms with van der Waals surface area (Å²) in [5.74, 6) is 2.75. The van der Waals surface area contributed by atoms with Gasteiger partial charge >= 0.3 is 0 Å². The van der Waals surface area contributed by atoms with E-state index in [1.807, 2.05) is 0 Å². The first kappa shape index (κ1) is 20.6. The lowest BCUT2D eigenvalue weighted by Crippen LogP contribution is -2.29. The molecule has 3 heterocycles. The summed E-state index contributed by atoms with van der Waals surface area (Å²) in [7, 11) is 0. The summed E-state index contributed by atoms with van der Waals surface area (Å²) in [5, 5.41) is 13.6. The maximum absolute atomic E-state index is 5.89. The number of ether oxygens (including phenoxy) is 1. The van der Waals surface area contributed by atoms with Crippen LogP contribution in [0.3, 0.4) is 0 Å². The molecule has 1 aromatic carbocycles. The quantitative estimate of drug-likeness (QED) is 0.735. The molecule has 27 heavy (non-hydrogen) atoms. The third-order valence-corrected chi connectivity index (χ3v) is 6.38. The monoisotopic (exact) mass is 408 g/mol. The molecule has 7 heteroatoms. The highest BCUT2D eigenvalue weighted by atomic mass is 35.5. The van der Waals surface area contributed by atoms with Crippen molar-refractivity contribution in [3.05, 3.63) is 36.2 Å². The highest BCUT2D eigenvalue weighted by Crippen LogP contribution is 2.27. The first-order valence-corrected chi connectivity index (χ1v) is 10.8. The number of thioether (sulfide) groups is 1. The second-order valence-electron chi connectivity index (χ2n) is 7.27. The maximum Gasteiger partial charge on any atom is 0.195 e. The molecule has 2 aromatic rings. The Morgan fingerprint density at radius 3 is 2.63 bits per heavy atom. The fourth-order valence-corrected chi connectivity index (χ4v) is 4.85. The van der Waals surface area contributed by atoms with E-state index in [4.69, 9.17) is 4.74 Å². The Bertz CT molecular complexity index is 685. The van der Waals surface area contributed by atoms with Crippen molar-refractivity contribution in [2.75, 3.05) is 25.4 Å². The number of hydrogen-bond acceptors (Lipinski definition) is 5. The van der Waals surface area contributed by atoms with Crippen LogP contribution < -0.4 is 5.32 Å². The molecule has 5 nitrogen and oxygen atoms in total. The summed E-state index contributed by atoms with van der Waals surface area (Å²) < 4.78 is 8.15. The fourth-order valence-electron chi connectivity index (χ4n) is 3.81. The van der Waals surface area contributed by atoms with Crippen molar-refractivity contribution in [3.8, 4) is 5.69 Å². The largest absolute Gasteiger partial charge is 0.377 e. The van der Waals surface area contributed by atoms with Crippen molar-refractivity contribution in [3.63, 3.8) is 0 Å². The van der Waals surface area contributed by atoms with Crippen LogP contribution >= 0.6 is 24.2 Å². The minimum absolute atomic E-state index is 0. The Balaban J connectivity index is 0.00000210. The van der Waals surface area contributed by atoms with Crippen LogP contribution in [0, 0.1) is 5.92 Å². The van der Waals surface area contributed by atoms with Gasteiger partial charge in [-0.05, 0) is 63.2 Å². The number of nitrogens with zero attached hydrogens (tertiary/aromatic N) is 3. The summed E-state index contributed by atoms with van der Waals surface area (Å²) in [6.45, 7) is 3.13. The summed E-state index contributed by atoms with van der Waals surface area (Å²) in [6.07, 6.45) is 7.43. The second-order valence-corrected chi connectivity index (χ2v) is 8.25. The van der Waals surface area contributed by atoms with E-state index in [0.29, 0.717) is 12.0 Å². The van der Waals surface area contributed by atoms with Gasteiger partial charge in [-0.3, -0.25) is 4.57 Å². The Hall–Kier alpha value is -1.08. The molecule has 4 rings (SSSR count). The van der Waals surface area contributed by atoms with Crippen LogP contribution in [0.2, 0.25) is 0 Å². The van der Waals surface area contributed by atoms with Gasteiger partial charge in [0.05, 0.1) is 6.10 Å². The molecule has 0 spiro atoms. The normalized spacial score (nSPS) is 21.0. The lowest BCUT2D eigenvalue weighted by molar-refractivity contribution is 0.0315. The predicted octanol–water partition coefficient (Wildman–Crippen LogP) is 3.89. The van der Waals surface area contributed by atoms with Crippen LogP contribution in [0.1, 0.15) is 37.9 Å². The lowest BCUT2D eigenvalue weighted by Gasteiger charge is -2.23. The molecule has 0 amide bonds. The smallest absolute Gasteiger partial charge is 0.195 e. The van der Waals surface area contributed by atoms with Gasteiger partial charge in [-0.2, -0.15) is 0 Å². The van der Waals surface area contributed by atoms with Crippen LogP contribution in [0.5, 0.6) is 0 Å². The zero-order valence-corrected chi connectivity index (χ0v) is 17.3. The van der Waals surface area contributed by atoms with Gasteiger partial charge in [0.1, 0.15) is 5.82 Å². The van der Waals surface area contributed by atoms with Crippen molar-refractivity contribution >= 4 is 24.2 Å². The zero-order valence-electron chi connectivity index (χ0n) is 15.7. The van der Waals surface area contributed by atoms with Crippen LogP contribution in [0.15, 0.2) is 35.5 Å². The van der Waals surface area contributed by atoms with Gasteiger partial charge < -0.3 is 10.1 Å². The Labute approximate surface area is 172 Å². The van der Waals surface area contributed by atoms with Gasteiger partial charge in [0.2, 0.25) is 0 Å². The van der Waals surface area contributed by atoms with E-state index in [9.17, 15) is 0 Å². The van der Waals surface area contributed by atoms with E-state index in [-0.39, 0.29) is 12.4 Å². The minimum Gasteiger partial charge on any atom is -0.377 e. The van der Waals surface area contributed by atoms with E-state index >= 15 is 0 Å². The van der Waals surface area contributed by atoms with Crippen molar-refractivity contribution in [2.24, 2.45) is 5.92 Å². The van der Waals surface area contributed by atoms with Crippen LogP contribution in [0.4, 0.5) is 0 Å². The van der Waals surface area contributed by atoms with Crippen molar-refractivity contribution in [1.29, 1.82) is 0 Å². The number of aromatic nitrogens is 3. The van der Waals surface area contributed by atoms with E-state index in [1.165, 1.54) is 25.7 Å². The zero-order chi connectivity index (χ0) is 17.6. The molecule has 148 valence electrons. The second kappa shape index (κ2) is 10.5. The number of halogens is 1. The highest BCUT2D eigenvalue weighted by molar-refractivity contribution is 7.99. The molecule has 2 aliphatic heterocycles. The molecule has 0 radical (unpaired) electrons. The molecular weight excluding hydrogens is 380 g/mol. The van der Waals surface area contributed by atoms with Crippen LogP contribution in [-0.2, 0) is 11.2 Å². The molecule has 0 bridgehead atoms. The summed E-state index contributed by atoms with van der Waals surface area (Å²) in [6, 6.07) is 10.5. The lowest BCUT2D eigenvalue weighted by atomic mass is 9.94. The van der Waals surface area contributed by atoms with Gasteiger partial charge in [-0.15, -0.1) is 22.6 Å². The van der Waals surface area contributed by atoms with E-state index in [2.05, 4.69) is 50.4 Å². The molecule has 0 saturated carbocycles. The summed E-state index contributed by atoms with van der Waals surface area (Å²) in [4.78, 5) is 0. The number of nitrogens with one attached hydrogen (secondary N) is 1. The number of rotatable bonds is 6. The summed E-state index contributed by atoms with van der Waals surface area (Å²) >= 11 is 1.78. The molecule has 1 aromatic heterocycles. The Morgan fingerprint density at radius 1 is 1.07 bits per heavy atom. The van der Waals surface area contributed by atoms with Gasteiger partial charge in [-0.25, -0.2) is 0 Å². The van der Waals surface area contributed by atoms with Crippen LogP contribution in [0.25, 0.3) is 5.69 Å². The first-order valence-electron chi connectivity index (χ1n) is 9.85. The Kier molecular flexibility index (Phi) is 8.00. The molecule has 2 fully saturated rings. The van der Waals surface area contributed by atoms with Crippen molar-refractivity contribution in [1.82, 2.24) is 20.1 Å². The van der Waals surface area contributed by atoms with Gasteiger partial charge in [0.25, 0.3) is 0 Å². The standard InChI is InChI=1S/C20H28N4OS.ClH/c1-2-6-17(7-3-1)24-19(14-16-9-11-21-12-10-16)22-23-20(24)26-15-18-8-4-5-13-25-18;/h1-3,6-7,16,18,21H,4-5,8-15H2;1H. The topological polar surface area (TPSA) is 52.0 Å². The fraction of sp³-hybridized carbons (Fsp3) is 0.600. The summed E-state index contributed by atoms with van der Waals surface area (Å²) in [5.41, 5.74) is 1.16. The highest BCUT2D eigenvalue weighted by Gasteiger charge is 2.22. The molecule has 2 aliphatic rings.